The molecule has 1 nitrogen and oxygen atoms in total. The predicted octanol–water partition coefficient (Wildman–Crippen LogP) is 1.21. The van der Waals surface area contributed by atoms with Gasteiger partial charge in [-0.15, -0.1) is 0 Å². The van der Waals surface area contributed by atoms with Gasteiger partial charge < -0.3 is 5.73 Å². The molecule has 0 atom stereocenters. The second-order valence-corrected chi connectivity index (χ2v) is 1.22. The maximum atomic E-state index is 5.15. The van der Waals surface area contributed by atoms with Crippen molar-refractivity contribution in [2.45, 2.75) is 0 Å². The maximum absolute atomic E-state index is 5.15. The molecule has 0 aliphatic carbocycles. The Hall–Kier alpha value is -0.430. The first-order valence-electron chi connectivity index (χ1n) is 1.51. The fourth-order valence-corrected chi connectivity index (χ4v) is 0.202. The first-order valence-corrected chi connectivity index (χ1v) is 1.89. The fraction of sp³-hybridized carbons (Fsp3) is 0. The van der Waals surface area contributed by atoms with E-state index in [9.17, 15) is 0 Å². The molecular weight excluding hydrogens is 97.5 g/mol. The van der Waals surface area contributed by atoms with Gasteiger partial charge in [-0.05, 0) is 6.08 Å². The van der Waals surface area contributed by atoms with Crippen LogP contribution in [-0.4, -0.2) is 0 Å². The van der Waals surface area contributed by atoms with Gasteiger partial charge in [0.1, 0.15) is 0 Å². The van der Waals surface area contributed by atoms with Crippen molar-refractivity contribution in [2.24, 2.45) is 5.73 Å². The average Bonchev–Trinajstić information content (AvgIpc) is 1.35. The van der Waals surface area contributed by atoms with Crippen molar-refractivity contribution in [3.8, 4) is 0 Å². The minimum Gasteiger partial charge on any atom is -0.389 e. The normalized spacial score (nSPS) is 11.2. The highest BCUT2D eigenvalue weighted by molar-refractivity contribution is 6.29. The molecule has 0 aromatic rings. The monoisotopic (exact) mass is 103 g/mol. The summed E-state index contributed by atoms with van der Waals surface area (Å²) in [6.45, 7) is 3.36. The number of rotatable bonds is 1. The van der Waals surface area contributed by atoms with Crippen molar-refractivity contribution in [2.75, 3.05) is 0 Å². The van der Waals surface area contributed by atoms with Crippen molar-refractivity contribution >= 4 is 11.6 Å². The molecular formula is C4H6ClN. The topological polar surface area (TPSA) is 26.0 Å². The van der Waals surface area contributed by atoms with Gasteiger partial charge in [0.15, 0.2) is 0 Å². The summed E-state index contributed by atoms with van der Waals surface area (Å²) in [5.74, 6) is 0. The van der Waals surface area contributed by atoms with Crippen molar-refractivity contribution in [1.82, 2.24) is 0 Å². The van der Waals surface area contributed by atoms with E-state index in [4.69, 9.17) is 17.3 Å². The van der Waals surface area contributed by atoms with Gasteiger partial charge in [0.05, 0.1) is 5.16 Å². The van der Waals surface area contributed by atoms with Gasteiger partial charge >= 0.3 is 0 Å². The van der Waals surface area contributed by atoms with Crippen LogP contribution in [0.2, 0.25) is 0 Å². The summed E-state index contributed by atoms with van der Waals surface area (Å²) in [6, 6.07) is 0. The molecule has 34 valence electrons. The molecule has 0 unspecified atom stereocenters. The molecule has 0 aliphatic heterocycles. The maximum Gasteiger partial charge on any atom is 0.0991 e. The molecule has 0 spiro atoms. The molecule has 6 heavy (non-hydrogen) atoms. The zero-order chi connectivity index (χ0) is 4.99. The average molecular weight is 104 g/mol. The van der Waals surface area contributed by atoms with Gasteiger partial charge in [-0.2, -0.15) is 0 Å². The van der Waals surface area contributed by atoms with Gasteiger partial charge in [0, 0.05) is 0 Å². The van der Waals surface area contributed by atoms with E-state index in [1.807, 2.05) is 0 Å². The Morgan fingerprint density at radius 2 is 2.33 bits per heavy atom. The second-order valence-electron chi connectivity index (χ2n) is 0.787. The third-order valence-corrected chi connectivity index (χ3v) is 0.403. The van der Waals surface area contributed by atoms with Crippen LogP contribution in [0, 0.1) is 0 Å². The Labute approximate surface area is 42.1 Å². The lowest BCUT2D eigenvalue weighted by molar-refractivity contribution is 1.54. The molecule has 2 heteroatoms. The van der Waals surface area contributed by atoms with Gasteiger partial charge in [-0.25, -0.2) is 0 Å². The second kappa shape index (κ2) is 2.79. The largest absolute Gasteiger partial charge is 0.389 e. The highest BCUT2D eigenvalue weighted by Crippen LogP contribution is 1.86. The van der Waals surface area contributed by atoms with E-state index in [0.717, 1.165) is 0 Å². The van der Waals surface area contributed by atoms with Crippen molar-refractivity contribution < 1.29 is 0 Å². The van der Waals surface area contributed by atoms with Crippen molar-refractivity contribution in [3.63, 3.8) is 0 Å². The number of halogens is 1. The summed E-state index contributed by atoms with van der Waals surface area (Å²) in [4.78, 5) is 0. The molecule has 0 bridgehead atoms. The highest BCUT2D eigenvalue weighted by Gasteiger charge is 1.67. The van der Waals surface area contributed by atoms with Crippen LogP contribution in [0.1, 0.15) is 0 Å². The minimum atomic E-state index is 0.269. The Morgan fingerprint density at radius 1 is 1.83 bits per heavy atom. The van der Waals surface area contributed by atoms with E-state index in [2.05, 4.69) is 6.58 Å². The molecule has 0 aromatic heterocycles. The molecule has 0 rings (SSSR count). The number of hydrogen-bond acceptors (Lipinski definition) is 1. The molecule has 0 radical (unpaired) electrons. The smallest absolute Gasteiger partial charge is 0.0991 e. The number of nitrogens with two attached hydrogens (primary N) is 1. The quantitative estimate of drug-likeness (QED) is 0.392. The molecule has 0 amide bonds. The first-order chi connectivity index (χ1) is 2.77. The van der Waals surface area contributed by atoms with Gasteiger partial charge in [-0.3, -0.25) is 0 Å². The Morgan fingerprint density at radius 3 is 2.33 bits per heavy atom. The molecule has 0 aliphatic rings. The molecule has 2 N–H and O–H groups in total. The number of hydrogen-bond donors (Lipinski definition) is 1. The van der Waals surface area contributed by atoms with E-state index in [-0.39, 0.29) is 5.16 Å². The van der Waals surface area contributed by atoms with E-state index >= 15 is 0 Å². The molecule has 0 saturated carbocycles. The predicted molar refractivity (Wildman–Crippen MR) is 28.3 cm³/mol. The third kappa shape index (κ3) is 3.57. The van der Waals surface area contributed by atoms with E-state index in [0.29, 0.717) is 0 Å². The summed E-state index contributed by atoms with van der Waals surface area (Å²) in [7, 11) is 0. The van der Waals surface area contributed by atoms with Crippen molar-refractivity contribution in [1.29, 1.82) is 0 Å². The molecule has 0 heterocycles. The number of allylic oxidation sites excluding steroid dienone is 2. The standard InChI is InChI=1S/C4H6ClN/c1-2-3-4(5)6/h2-3H,1,6H2/b4-3-. The van der Waals surface area contributed by atoms with Crippen LogP contribution in [0.3, 0.4) is 0 Å². The summed E-state index contributed by atoms with van der Waals surface area (Å²) in [5.41, 5.74) is 4.96. The zero-order valence-corrected chi connectivity index (χ0v) is 4.07. The summed E-state index contributed by atoms with van der Waals surface area (Å²) < 4.78 is 0. The SMILES string of the molecule is C=C/C=C(\N)Cl. The van der Waals surface area contributed by atoms with E-state index in [1.165, 1.54) is 12.2 Å². The summed E-state index contributed by atoms with van der Waals surface area (Å²) >= 11 is 5.15. The lowest BCUT2D eigenvalue weighted by Gasteiger charge is -1.74. The molecule has 0 saturated heterocycles. The summed E-state index contributed by atoms with van der Waals surface area (Å²) in [5, 5.41) is 0.269. The van der Waals surface area contributed by atoms with Crippen LogP contribution in [-0.2, 0) is 0 Å². The molecule has 0 aromatic carbocycles. The Balaban J connectivity index is 3.41. The Kier molecular flexibility index (Phi) is 2.59. The first kappa shape index (κ1) is 5.57. The van der Waals surface area contributed by atoms with E-state index in [1.54, 1.807) is 0 Å². The zero-order valence-electron chi connectivity index (χ0n) is 3.32. The third-order valence-electron chi connectivity index (χ3n) is 0.277. The van der Waals surface area contributed by atoms with Gasteiger partial charge in [-0.1, -0.05) is 24.3 Å². The van der Waals surface area contributed by atoms with Crippen LogP contribution < -0.4 is 5.73 Å². The van der Waals surface area contributed by atoms with Crippen LogP contribution in [0.15, 0.2) is 23.9 Å². The fourth-order valence-electron chi connectivity index (χ4n) is 0.113. The van der Waals surface area contributed by atoms with Crippen LogP contribution >= 0.6 is 11.6 Å². The van der Waals surface area contributed by atoms with E-state index < -0.39 is 0 Å². The highest BCUT2D eigenvalue weighted by atomic mass is 35.5. The van der Waals surface area contributed by atoms with Crippen LogP contribution in [0.5, 0.6) is 0 Å². The van der Waals surface area contributed by atoms with Gasteiger partial charge in [0.25, 0.3) is 0 Å². The minimum absolute atomic E-state index is 0.269. The van der Waals surface area contributed by atoms with Gasteiger partial charge in [0.2, 0.25) is 0 Å². The lowest BCUT2D eigenvalue weighted by Crippen LogP contribution is -1.83. The van der Waals surface area contributed by atoms with Crippen LogP contribution in [0.4, 0.5) is 0 Å². The molecule has 0 fully saturated rings. The summed E-state index contributed by atoms with van der Waals surface area (Å²) in [6.07, 6.45) is 3.05. The van der Waals surface area contributed by atoms with Crippen LogP contribution in [0.25, 0.3) is 0 Å². The Bertz CT molecular complexity index is 71.6. The van der Waals surface area contributed by atoms with Crippen molar-refractivity contribution in [3.05, 3.63) is 23.9 Å². The lowest BCUT2D eigenvalue weighted by atomic mass is 10.6.